The van der Waals surface area contributed by atoms with Gasteiger partial charge in [0.25, 0.3) is 0 Å². The maximum Gasteiger partial charge on any atom is 0.134 e. The maximum absolute atomic E-state index is 5.86. The molecule has 1 fully saturated rings. The van der Waals surface area contributed by atoms with Crippen molar-refractivity contribution in [2.75, 3.05) is 26.2 Å². The van der Waals surface area contributed by atoms with Gasteiger partial charge in [-0.05, 0) is 26.3 Å². The standard InChI is InChI=1S/C16H22N2O/c1-12(18-9-7-17-8-10-18)11-15-13(2)19-16-6-4-3-5-14(15)16/h3-6,12,17H,7-11H2,1-2H3. The Hall–Kier alpha value is -1.32. The van der Waals surface area contributed by atoms with Gasteiger partial charge in [0.05, 0.1) is 0 Å². The number of rotatable bonds is 3. The monoisotopic (exact) mass is 258 g/mol. The number of aryl methyl sites for hydroxylation is 1. The molecular formula is C16H22N2O. The summed E-state index contributed by atoms with van der Waals surface area (Å²) in [5.74, 6) is 1.07. The van der Waals surface area contributed by atoms with Crippen LogP contribution in [-0.2, 0) is 6.42 Å². The second-order valence-corrected chi connectivity index (χ2v) is 5.47. The van der Waals surface area contributed by atoms with Crippen LogP contribution in [0.4, 0.5) is 0 Å². The van der Waals surface area contributed by atoms with Crippen molar-refractivity contribution < 1.29 is 4.42 Å². The van der Waals surface area contributed by atoms with Crippen molar-refractivity contribution in [2.24, 2.45) is 0 Å². The van der Waals surface area contributed by atoms with Gasteiger partial charge in [0, 0.05) is 43.2 Å². The Morgan fingerprint density at radius 3 is 2.79 bits per heavy atom. The average Bonchev–Trinajstić information content (AvgIpc) is 2.76. The van der Waals surface area contributed by atoms with Gasteiger partial charge in [0.2, 0.25) is 0 Å². The fraction of sp³-hybridized carbons (Fsp3) is 0.500. The summed E-state index contributed by atoms with van der Waals surface area (Å²) in [6, 6.07) is 8.93. The van der Waals surface area contributed by atoms with E-state index in [0.29, 0.717) is 6.04 Å². The van der Waals surface area contributed by atoms with E-state index in [1.807, 2.05) is 6.07 Å². The molecule has 2 aromatic rings. The van der Waals surface area contributed by atoms with Gasteiger partial charge < -0.3 is 9.73 Å². The van der Waals surface area contributed by atoms with Crippen molar-refractivity contribution in [3.8, 4) is 0 Å². The third-order valence-corrected chi connectivity index (χ3v) is 4.17. The summed E-state index contributed by atoms with van der Waals surface area (Å²) >= 11 is 0. The molecule has 3 nitrogen and oxygen atoms in total. The van der Waals surface area contributed by atoms with Gasteiger partial charge in [0.1, 0.15) is 11.3 Å². The minimum absolute atomic E-state index is 0.571. The molecular weight excluding hydrogens is 236 g/mol. The molecule has 3 rings (SSSR count). The highest BCUT2D eigenvalue weighted by Crippen LogP contribution is 2.27. The number of nitrogens with zero attached hydrogens (tertiary/aromatic N) is 1. The van der Waals surface area contributed by atoms with Crippen molar-refractivity contribution in [1.82, 2.24) is 10.2 Å². The van der Waals surface area contributed by atoms with Gasteiger partial charge >= 0.3 is 0 Å². The lowest BCUT2D eigenvalue weighted by Crippen LogP contribution is -2.48. The van der Waals surface area contributed by atoms with Crippen LogP contribution in [0.25, 0.3) is 11.0 Å². The molecule has 1 unspecified atom stereocenters. The summed E-state index contributed by atoms with van der Waals surface area (Å²) in [5, 5.41) is 4.69. The van der Waals surface area contributed by atoms with E-state index in [1.165, 1.54) is 10.9 Å². The van der Waals surface area contributed by atoms with E-state index in [4.69, 9.17) is 4.42 Å². The zero-order chi connectivity index (χ0) is 13.2. The topological polar surface area (TPSA) is 28.4 Å². The van der Waals surface area contributed by atoms with Crippen molar-refractivity contribution in [1.29, 1.82) is 0 Å². The molecule has 1 aliphatic heterocycles. The Morgan fingerprint density at radius 2 is 2.00 bits per heavy atom. The molecule has 0 saturated carbocycles. The zero-order valence-corrected chi connectivity index (χ0v) is 11.8. The first-order valence-electron chi connectivity index (χ1n) is 7.17. The van der Waals surface area contributed by atoms with Crippen molar-refractivity contribution in [3.05, 3.63) is 35.6 Å². The molecule has 0 radical (unpaired) electrons. The van der Waals surface area contributed by atoms with E-state index in [1.54, 1.807) is 0 Å². The molecule has 0 amide bonds. The lowest BCUT2D eigenvalue weighted by Gasteiger charge is -2.32. The lowest BCUT2D eigenvalue weighted by atomic mass is 10.0. The predicted octanol–water partition coefficient (Wildman–Crippen LogP) is 2.58. The van der Waals surface area contributed by atoms with Crippen LogP contribution in [0.1, 0.15) is 18.2 Å². The van der Waals surface area contributed by atoms with Gasteiger partial charge in [-0.25, -0.2) is 0 Å². The number of para-hydroxylation sites is 1. The lowest BCUT2D eigenvalue weighted by molar-refractivity contribution is 0.183. The van der Waals surface area contributed by atoms with Crippen LogP contribution in [-0.4, -0.2) is 37.1 Å². The summed E-state index contributed by atoms with van der Waals surface area (Å²) in [7, 11) is 0. The first-order chi connectivity index (χ1) is 9.25. The molecule has 2 heterocycles. The van der Waals surface area contributed by atoms with Gasteiger partial charge in [-0.1, -0.05) is 18.2 Å². The van der Waals surface area contributed by atoms with Crippen LogP contribution in [0.15, 0.2) is 28.7 Å². The van der Waals surface area contributed by atoms with E-state index in [9.17, 15) is 0 Å². The van der Waals surface area contributed by atoms with Crippen LogP contribution >= 0.6 is 0 Å². The highest BCUT2D eigenvalue weighted by molar-refractivity contribution is 5.82. The number of furan rings is 1. The molecule has 102 valence electrons. The number of hydrogen-bond donors (Lipinski definition) is 1. The SMILES string of the molecule is Cc1oc2ccccc2c1CC(C)N1CCNCC1. The second-order valence-electron chi connectivity index (χ2n) is 5.47. The van der Waals surface area contributed by atoms with Crippen LogP contribution in [0.5, 0.6) is 0 Å². The van der Waals surface area contributed by atoms with Crippen molar-refractivity contribution in [2.45, 2.75) is 26.3 Å². The Labute approximate surface area is 114 Å². The number of hydrogen-bond acceptors (Lipinski definition) is 3. The third kappa shape index (κ3) is 2.53. The average molecular weight is 258 g/mol. The highest BCUT2D eigenvalue weighted by atomic mass is 16.3. The summed E-state index contributed by atoms with van der Waals surface area (Å²) < 4.78 is 5.86. The fourth-order valence-corrected chi connectivity index (χ4v) is 3.02. The second kappa shape index (κ2) is 5.35. The van der Waals surface area contributed by atoms with Crippen LogP contribution in [0.3, 0.4) is 0 Å². The predicted molar refractivity (Wildman–Crippen MR) is 78.6 cm³/mol. The summed E-state index contributed by atoms with van der Waals surface area (Å²) in [6.07, 6.45) is 1.07. The molecule has 0 aliphatic carbocycles. The van der Waals surface area contributed by atoms with E-state index in [0.717, 1.165) is 43.9 Å². The maximum atomic E-state index is 5.86. The smallest absolute Gasteiger partial charge is 0.134 e. The molecule has 19 heavy (non-hydrogen) atoms. The molecule has 1 aromatic heterocycles. The Bertz CT molecular complexity index is 555. The van der Waals surface area contributed by atoms with Gasteiger partial charge in [-0.3, -0.25) is 4.90 Å². The van der Waals surface area contributed by atoms with E-state index < -0.39 is 0 Å². The summed E-state index contributed by atoms with van der Waals surface area (Å²) in [5.41, 5.74) is 2.39. The quantitative estimate of drug-likeness (QED) is 0.917. The Kier molecular flexibility index (Phi) is 3.58. The van der Waals surface area contributed by atoms with E-state index in [-0.39, 0.29) is 0 Å². The molecule has 1 aromatic carbocycles. The van der Waals surface area contributed by atoms with Crippen LogP contribution in [0, 0.1) is 6.92 Å². The minimum atomic E-state index is 0.571. The third-order valence-electron chi connectivity index (χ3n) is 4.17. The van der Waals surface area contributed by atoms with E-state index >= 15 is 0 Å². The van der Waals surface area contributed by atoms with Crippen molar-refractivity contribution in [3.63, 3.8) is 0 Å². The molecule has 1 atom stereocenters. The molecule has 0 bridgehead atoms. The molecule has 3 heteroatoms. The molecule has 0 spiro atoms. The zero-order valence-electron chi connectivity index (χ0n) is 11.8. The first-order valence-corrected chi connectivity index (χ1v) is 7.17. The Morgan fingerprint density at radius 1 is 1.26 bits per heavy atom. The van der Waals surface area contributed by atoms with E-state index in [2.05, 4.69) is 42.3 Å². The number of nitrogens with one attached hydrogen (secondary N) is 1. The number of benzene rings is 1. The van der Waals surface area contributed by atoms with Gasteiger partial charge in [-0.15, -0.1) is 0 Å². The summed E-state index contributed by atoms with van der Waals surface area (Å²) in [6.45, 7) is 8.92. The first kappa shape index (κ1) is 12.7. The van der Waals surface area contributed by atoms with Crippen LogP contribution in [0.2, 0.25) is 0 Å². The Balaban J connectivity index is 1.82. The largest absolute Gasteiger partial charge is 0.461 e. The molecule has 1 saturated heterocycles. The van der Waals surface area contributed by atoms with Gasteiger partial charge in [0.15, 0.2) is 0 Å². The highest BCUT2D eigenvalue weighted by Gasteiger charge is 2.19. The normalized spacial score (nSPS) is 18.8. The number of piperazine rings is 1. The van der Waals surface area contributed by atoms with Crippen LogP contribution < -0.4 is 5.32 Å². The summed E-state index contributed by atoms with van der Waals surface area (Å²) in [4.78, 5) is 2.57. The molecule has 1 N–H and O–H groups in total. The van der Waals surface area contributed by atoms with Gasteiger partial charge in [-0.2, -0.15) is 0 Å². The minimum Gasteiger partial charge on any atom is -0.461 e. The number of fused-ring (bicyclic) bond motifs is 1. The van der Waals surface area contributed by atoms with Crippen molar-refractivity contribution >= 4 is 11.0 Å². The molecule has 1 aliphatic rings. The fourth-order valence-electron chi connectivity index (χ4n) is 3.02.